The molecule has 0 aromatic heterocycles. The van der Waals surface area contributed by atoms with E-state index >= 15 is 0 Å². The summed E-state index contributed by atoms with van der Waals surface area (Å²) in [6.07, 6.45) is 0. The second kappa shape index (κ2) is 9.12. The van der Waals surface area contributed by atoms with Crippen LogP contribution in [-0.2, 0) is 30.0 Å². The van der Waals surface area contributed by atoms with E-state index in [9.17, 15) is 18.9 Å². The van der Waals surface area contributed by atoms with Crippen LogP contribution in [0.1, 0.15) is 0 Å². The van der Waals surface area contributed by atoms with Gasteiger partial charge >= 0.3 is 5.97 Å². The zero-order valence-electron chi connectivity index (χ0n) is 16.8. The number of alkyl halides is 1. The molecule has 0 aliphatic carbocycles. The number of amides is 2. The smallest absolute Gasteiger partial charge is 0.342 e. The van der Waals surface area contributed by atoms with Crippen molar-refractivity contribution in [2.24, 2.45) is 0 Å². The lowest BCUT2D eigenvalue weighted by molar-refractivity contribution is -0.150. The first-order valence-electron chi connectivity index (χ1n) is 9.31. The van der Waals surface area contributed by atoms with E-state index in [2.05, 4.69) is 21.2 Å². The van der Waals surface area contributed by atoms with Crippen LogP contribution in [-0.4, -0.2) is 64.7 Å². The fourth-order valence-corrected chi connectivity index (χ4v) is 6.22. The highest BCUT2D eigenvalue weighted by atomic mass is 79.9. The molecule has 1 aromatic carbocycles. The van der Waals surface area contributed by atoms with Gasteiger partial charge in [-0.3, -0.25) is 14.5 Å². The molecule has 0 spiro atoms. The molecule has 1 aromatic rings. The van der Waals surface area contributed by atoms with Gasteiger partial charge in [-0.25, -0.2) is 4.79 Å². The van der Waals surface area contributed by atoms with Crippen molar-refractivity contribution in [3.05, 3.63) is 41.6 Å². The van der Waals surface area contributed by atoms with Crippen LogP contribution in [0.3, 0.4) is 0 Å². The van der Waals surface area contributed by atoms with Crippen LogP contribution >= 0.6 is 15.9 Å². The number of hydrogen-bond donors (Lipinski definition) is 1. The maximum absolute atomic E-state index is 12.8. The third-order valence-corrected chi connectivity index (χ3v) is 7.52. The Morgan fingerprint density at radius 3 is 2.57 bits per heavy atom. The summed E-state index contributed by atoms with van der Waals surface area (Å²) in [5, 5.41) is 2.08. The number of carbonyl (C=O) groups is 3. The molecule has 0 bridgehead atoms. The van der Waals surface area contributed by atoms with Gasteiger partial charge in [0.25, 0.3) is 11.8 Å². The van der Waals surface area contributed by atoms with Crippen LogP contribution in [0.2, 0.25) is 19.6 Å². The van der Waals surface area contributed by atoms with Gasteiger partial charge in [0, 0.05) is 10.9 Å². The number of β-lactam (4-membered cyclic amide) rings is 1. The predicted octanol–water partition coefficient (Wildman–Crippen LogP) is 1.51. The van der Waals surface area contributed by atoms with Crippen molar-refractivity contribution in [2.75, 3.05) is 17.7 Å². The molecule has 2 aliphatic rings. The molecule has 162 valence electrons. The number of para-hydroxylation sites is 1. The Morgan fingerprint density at radius 2 is 1.97 bits per heavy atom. The first-order chi connectivity index (χ1) is 14.1. The van der Waals surface area contributed by atoms with Crippen LogP contribution in [0.25, 0.3) is 0 Å². The number of rotatable bonds is 7. The summed E-state index contributed by atoms with van der Waals surface area (Å²) in [5.41, 5.74) is 0.688. The van der Waals surface area contributed by atoms with Gasteiger partial charge in [-0.15, -0.1) is 0 Å². The highest BCUT2D eigenvalue weighted by Gasteiger charge is 2.61. The number of benzene rings is 1. The molecule has 1 N–H and O–H groups in total. The summed E-state index contributed by atoms with van der Waals surface area (Å²) in [5.74, 6) is -0.923. The fourth-order valence-electron chi connectivity index (χ4n) is 3.15. The molecule has 1 fully saturated rings. The lowest BCUT2D eigenvalue weighted by Crippen LogP contribution is -2.75. The topological polar surface area (TPSA) is 108 Å². The minimum Gasteiger partial charge on any atom is -0.614 e. The summed E-state index contributed by atoms with van der Waals surface area (Å²) in [4.78, 5) is 39.0. The fraction of sp³-hybridized carbons (Fsp3) is 0.421. The molecule has 30 heavy (non-hydrogen) atoms. The lowest BCUT2D eigenvalue weighted by atomic mass is 10.0. The van der Waals surface area contributed by atoms with Gasteiger partial charge in [-0.1, -0.05) is 34.1 Å². The molecule has 2 amide bonds. The van der Waals surface area contributed by atoms with Crippen molar-refractivity contribution >= 4 is 53.2 Å². The maximum atomic E-state index is 12.8. The first kappa shape index (κ1) is 22.9. The normalized spacial score (nSPS) is 23.4. The van der Waals surface area contributed by atoms with Crippen molar-refractivity contribution in [3.8, 4) is 5.75 Å². The Bertz CT molecular complexity index is 876. The summed E-state index contributed by atoms with van der Waals surface area (Å²) in [6.45, 7) is 5.32. The highest BCUT2D eigenvalue weighted by Crippen LogP contribution is 2.38. The number of halogens is 1. The number of hydrogen-bond acceptors (Lipinski definition) is 6. The van der Waals surface area contributed by atoms with E-state index in [0.29, 0.717) is 16.7 Å². The van der Waals surface area contributed by atoms with Crippen LogP contribution in [0.4, 0.5) is 0 Å². The van der Waals surface area contributed by atoms with Gasteiger partial charge in [0.05, 0.1) is 0 Å². The standard InChI is InChI=1S/C19H23BrN2O6SSi/c1-30(2,3)28-19(25)16-12(9-20)11-29(26)18-15(17(24)22(16)18)21-14(23)10-27-13-7-5-4-6-8-13/h4-8,15,18H,9-11H2,1-3H3,(H,21,23)/t15?,18-,29?/m1/s1. The first-order valence-corrected chi connectivity index (χ1v) is 15.2. The van der Waals surface area contributed by atoms with Crippen LogP contribution in [0.15, 0.2) is 41.6 Å². The van der Waals surface area contributed by atoms with E-state index in [-0.39, 0.29) is 18.1 Å². The molecular weight excluding hydrogens is 492 g/mol. The van der Waals surface area contributed by atoms with E-state index in [4.69, 9.17) is 9.16 Å². The lowest BCUT2D eigenvalue weighted by Gasteiger charge is -2.49. The molecule has 2 aliphatic heterocycles. The Labute approximate surface area is 187 Å². The minimum absolute atomic E-state index is 0.128. The predicted molar refractivity (Wildman–Crippen MR) is 118 cm³/mol. The summed E-state index contributed by atoms with van der Waals surface area (Å²) >= 11 is 1.84. The molecule has 2 unspecified atom stereocenters. The second-order valence-electron chi connectivity index (χ2n) is 7.86. The summed E-state index contributed by atoms with van der Waals surface area (Å²) < 4.78 is 23.7. The number of carbonyl (C=O) groups excluding carboxylic acids is 3. The molecule has 8 nitrogen and oxygen atoms in total. The van der Waals surface area contributed by atoms with Crippen LogP contribution < -0.4 is 10.1 Å². The van der Waals surface area contributed by atoms with Crippen molar-refractivity contribution in [1.29, 1.82) is 0 Å². The SMILES string of the molecule is C[Si](C)(C)OC(=O)C1=C(CBr)C[S+]([O-])[C@@H]2C(NC(=O)COc3ccccc3)C(=O)N12. The quantitative estimate of drug-likeness (QED) is 0.255. The third-order valence-electron chi connectivity index (χ3n) is 4.39. The number of nitrogens with one attached hydrogen (secondary N) is 1. The van der Waals surface area contributed by atoms with Crippen LogP contribution in [0, 0.1) is 0 Å². The van der Waals surface area contributed by atoms with Crippen molar-refractivity contribution in [2.45, 2.75) is 31.1 Å². The van der Waals surface area contributed by atoms with Gasteiger partial charge < -0.3 is 19.0 Å². The zero-order chi connectivity index (χ0) is 22.1. The molecule has 11 heteroatoms. The molecule has 3 atom stereocenters. The number of fused-ring (bicyclic) bond motifs is 1. The Morgan fingerprint density at radius 1 is 1.30 bits per heavy atom. The molecule has 2 heterocycles. The molecule has 3 rings (SSSR count). The highest BCUT2D eigenvalue weighted by molar-refractivity contribution is 9.09. The largest absolute Gasteiger partial charge is 0.614 e. The Kier molecular flexibility index (Phi) is 6.95. The van der Waals surface area contributed by atoms with Crippen LogP contribution in [0.5, 0.6) is 5.75 Å². The monoisotopic (exact) mass is 514 g/mol. The summed E-state index contributed by atoms with van der Waals surface area (Å²) in [6, 6.07) is 7.84. The van der Waals surface area contributed by atoms with E-state index < -0.39 is 48.7 Å². The van der Waals surface area contributed by atoms with E-state index in [1.807, 2.05) is 25.7 Å². The van der Waals surface area contributed by atoms with Crippen molar-refractivity contribution in [1.82, 2.24) is 10.2 Å². The Hall–Kier alpha value is -1.82. The molecule has 1 saturated heterocycles. The minimum atomic E-state index is -2.20. The summed E-state index contributed by atoms with van der Waals surface area (Å²) in [7, 11) is -2.20. The molecule has 0 radical (unpaired) electrons. The second-order valence-corrected chi connectivity index (χ2v) is 14.4. The van der Waals surface area contributed by atoms with E-state index in [1.165, 1.54) is 4.90 Å². The van der Waals surface area contributed by atoms with Crippen molar-refractivity contribution < 1.29 is 28.1 Å². The third kappa shape index (κ3) is 4.90. The number of ether oxygens (including phenoxy) is 1. The van der Waals surface area contributed by atoms with Gasteiger partial charge in [-0.2, -0.15) is 0 Å². The maximum Gasteiger partial charge on any atom is 0.342 e. The van der Waals surface area contributed by atoms with Crippen molar-refractivity contribution in [3.63, 3.8) is 0 Å². The zero-order valence-corrected chi connectivity index (χ0v) is 20.2. The molecular formula is C19H23BrN2O6SSi. The van der Waals surface area contributed by atoms with Gasteiger partial charge in [0.1, 0.15) is 17.2 Å². The molecule has 0 saturated carbocycles. The van der Waals surface area contributed by atoms with Gasteiger partial charge in [-0.05, 0) is 42.9 Å². The average Bonchev–Trinajstić information content (AvgIpc) is 2.69. The average molecular weight is 515 g/mol. The number of nitrogens with zero attached hydrogens (tertiary/aromatic N) is 1. The van der Waals surface area contributed by atoms with E-state index in [0.717, 1.165) is 0 Å². The van der Waals surface area contributed by atoms with E-state index in [1.54, 1.807) is 24.3 Å². The Balaban J connectivity index is 1.70. The van der Waals surface area contributed by atoms with Gasteiger partial charge in [0.2, 0.25) is 13.7 Å². The van der Waals surface area contributed by atoms with Gasteiger partial charge in [0.15, 0.2) is 12.6 Å².